The molecule has 6 nitrogen and oxygen atoms in total. The summed E-state index contributed by atoms with van der Waals surface area (Å²) in [4.78, 5) is 21.6. The van der Waals surface area contributed by atoms with E-state index < -0.39 is 0 Å². The lowest BCUT2D eigenvalue weighted by atomic mass is 10.3. The Hall–Kier alpha value is -2.13. The molecule has 0 bridgehead atoms. The molecule has 0 fully saturated rings. The first-order valence-electron chi connectivity index (χ1n) is 10.0. The Morgan fingerprint density at radius 3 is 2.44 bits per heavy atom. The first-order valence-corrected chi connectivity index (χ1v) is 11.2. The van der Waals surface area contributed by atoms with Crippen LogP contribution in [-0.4, -0.2) is 55.7 Å². The van der Waals surface area contributed by atoms with Crippen LogP contribution in [0.1, 0.15) is 13.8 Å². The molecule has 0 aliphatic rings. The average Bonchev–Trinajstić information content (AvgIpc) is 3.22. The molecule has 0 saturated carbocycles. The molecule has 174 valence electrons. The summed E-state index contributed by atoms with van der Waals surface area (Å²) in [6.45, 7) is 6.87. The quantitative estimate of drug-likeness (QED) is 0.378. The van der Waals surface area contributed by atoms with Gasteiger partial charge in [-0.05, 0) is 49.5 Å². The smallest absolute Gasteiger partial charge is 0.266 e. The van der Waals surface area contributed by atoms with E-state index in [-0.39, 0.29) is 30.7 Å². The van der Waals surface area contributed by atoms with Crippen LogP contribution in [0.3, 0.4) is 0 Å². The topological polar surface area (TPSA) is 54.9 Å². The number of halogens is 3. The summed E-state index contributed by atoms with van der Waals surface area (Å²) in [5.74, 6) is 0.415. The van der Waals surface area contributed by atoms with E-state index in [2.05, 4.69) is 23.7 Å². The molecule has 2 aromatic carbocycles. The van der Waals surface area contributed by atoms with Gasteiger partial charge in [-0.1, -0.05) is 36.8 Å². The number of amides is 1. The fourth-order valence-electron chi connectivity index (χ4n) is 3.08. The number of hydrogen-bond acceptors (Lipinski definition) is 6. The lowest BCUT2D eigenvalue weighted by molar-refractivity contribution is -0.120. The highest BCUT2D eigenvalue weighted by Crippen LogP contribution is 2.38. The van der Waals surface area contributed by atoms with Crippen LogP contribution in [0.4, 0.5) is 9.52 Å². The molecular weight excluding hydrogens is 476 g/mol. The summed E-state index contributed by atoms with van der Waals surface area (Å²) in [6, 6.07) is 9.08. The normalized spacial score (nSPS) is 10.8. The number of nitrogens with zero attached hydrogens (tertiary/aromatic N) is 3. The largest absolute Gasteiger partial charge is 0.494 e. The van der Waals surface area contributed by atoms with E-state index in [1.807, 2.05) is 0 Å². The number of methoxy groups -OCH3 is 1. The van der Waals surface area contributed by atoms with Gasteiger partial charge in [0, 0.05) is 13.1 Å². The zero-order chi connectivity index (χ0) is 22.4. The Morgan fingerprint density at radius 2 is 1.81 bits per heavy atom. The molecule has 0 saturated heterocycles. The van der Waals surface area contributed by atoms with Crippen molar-refractivity contribution >= 4 is 56.6 Å². The Kier molecular flexibility index (Phi) is 9.96. The van der Waals surface area contributed by atoms with E-state index in [9.17, 15) is 9.18 Å². The SMILES string of the molecule is CCN(CC)CCN(C(=O)COc1ccc(F)cc1)c1nc2c(OC)ccc(Cl)c2s1.Cl. The van der Waals surface area contributed by atoms with Crippen LogP contribution < -0.4 is 14.4 Å². The van der Waals surface area contributed by atoms with Crippen LogP contribution in [0.5, 0.6) is 11.5 Å². The standard InChI is InChI=1S/C22H25ClFN3O3S.ClH/c1-4-26(5-2)12-13-27(19(28)14-30-16-8-6-15(24)7-9-16)22-25-20-18(29-3)11-10-17(23)21(20)31-22;/h6-11H,4-5,12-14H2,1-3H3;1H. The molecule has 0 aliphatic carbocycles. The Balaban J connectivity index is 0.00000363. The second-order valence-electron chi connectivity index (χ2n) is 6.74. The van der Waals surface area contributed by atoms with Crippen LogP contribution in [-0.2, 0) is 4.79 Å². The van der Waals surface area contributed by atoms with Crippen molar-refractivity contribution in [2.45, 2.75) is 13.8 Å². The number of fused-ring (bicyclic) bond motifs is 1. The van der Waals surface area contributed by atoms with E-state index in [1.165, 1.54) is 35.6 Å². The summed E-state index contributed by atoms with van der Waals surface area (Å²) in [6.07, 6.45) is 0. The lowest BCUT2D eigenvalue weighted by Crippen LogP contribution is -2.41. The third-order valence-corrected chi connectivity index (χ3v) is 6.45. The minimum absolute atomic E-state index is 0. The minimum Gasteiger partial charge on any atom is -0.494 e. The number of carbonyl (C=O) groups excluding carboxylic acids is 1. The van der Waals surface area contributed by atoms with Crippen molar-refractivity contribution in [1.29, 1.82) is 0 Å². The van der Waals surface area contributed by atoms with Gasteiger partial charge in [0.05, 0.1) is 16.8 Å². The molecule has 1 heterocycles. The molecule has 0 N–H and O–H groups in total. The molecule has 10 heteroatoms. The van der Waals surface area contributed by atoms with Gasteiger partial charge in [-0.25, -0.2) is 9.37 Å². The summed E-state index contributed by atoms with van der Waals surface area (Å²) in [5.41, 5.74) is 0.620. The van der Waals surface area contributed by atoms with Gasteiger partial charge >= 0.3 is 0 Å². The summed E-state index contributed by atoms with van der Waals surface area (Å²) in [7, 11) is 1.57. The molecule has 0 radical (unpaired) electrons. The molecule has 1 amide bonds. The molecule has 0 unspecified atom stereocenters. The maximum atomic E-state index is 13.1. The van der Waals surface area contributed by atoms with Crippen LogP contribution >= 0.6 is 35.3 Å². The number of carbonyl (C=O) groups is 1. The fourth-order valence-corrected chi connectivity index (χ4v) is 4.38. The molecule has 1 aromatic heterocycles. The third-order valence-electron chi connectivity index (χ3n) is 4.91. The maximum absolute atomic E-state index is 13.1. The van der Waals surface area contributed by atoms with Gasteiger partial charge in [-0.2, -0.15) is 0 Å². The van der Waals surface area contributed by atoms with Crippen LogP contribution in [0.2, 0.25) is 5.02 Å². The van der Waals surface area contributed by atoms with E-state index in [4.69, 9.17) is 21.1 Å². The summed E-state index contributed by atoms with van der Waals surface area (Å²) in [5, 5.41) is 1.08. The molecular formula is C22H26Cl2FN3O3S. The van der Waals surface area contributed by atoms with E-state index in [0.717, 1.165) is 17.8 Å². The second-order valence-corrected chi connectivity index (χ2v) is 8.12. The number of anilines is 1. The van der Waals surface area contributed by atoms with Gasteiger partial charge in [-0.3, -0.25) is 9.69 Å². The Morgan fingerprint density at radius 1 is 1.12 bits per heavy atom. The zero-order valence-electron chi connectivity index (χ0n) is 18.1. The van der Waals surface area contributed by atoms with E-state index in [1.54, 1.807) is 24.1 Å². The Bertz CT molecular complexity index is 1030. The van der Waals surface area contributed by atoms with Gasteiger partial charge in [0.2, 0.25) is 0 Å². The second kappa shape index (κ2) is 12.2. The van der Waals surface area contributed by atoms with Crippen molar-refractivity contribution in [1.82, 2.24) is 9.88 Å². The number of likely N-dealkylation sites (N-methyl/N-ethyl adjacent to an activating group) is 1. The zero-order valence-corrected chi connectivity index (χ0v) is 20.5. The van der Waals surface area contributed by atoms with Gasteiger partial charge in [-0.15, -0.1) is 12.4 Å². The number of benzene rings is 2. The average molecular weight is 502 g/mol. The van der Waals surface area contributed by atoms with Crippen molar-refractivity contribution in [2.75, 3.05) is 44.8 Å². The Labute approximate surface area is 202 Å². The molecule has 0 aliphatic heterocycles. The van der Waals surface area contributed by atoms with Crippen LogP contribution in [0, 0.1) is 5.82 Å². The van der Waals surface area contributed by atoms with Crippen molar-refractivity contribution in [2.24, 2.45) is 0 Å². The highest BCUT2D eigenvalue weighted by Gasteiger charge is 2.23. The van der Waals surface area contributed by atoms with Crippen molar-refractivity contribution in [3.8, 4) is 11.5 Å². The number of rotatable bonds is 10. The first kappa shape index (κ1) is 26.1. The van der Waals surface area contributed by atoms with Crippen LogP contribution in [0.15, 0.2) is 36.4 Å². The number of hydrogen-bond donors (Lipinski definition) is 0. The predicted molar refractivity (Wildman–Crippen MR) is 130 cm³/mol. The van der Waals surface area contributed by atoms with Gasteiger partial charge < -0.3 is 14.4 Å². The third kappa shape index (κ3) is 6.22. The van der Waals surface area contributed by atoms with E-state index in [0.29, 0.717) is 40.3 Å². The highest BCUT2D eigenvalue weighted by atomic mass is 35.5. The van der Waals surface area contributed by atoms with Crippen molar-refractivity contribution < 1.29 is 18.7 Å². The molecule has 3 aromatic rings. The monoisotopic (exact) mass is 501 g/mol. The van der Waals surface area contributed by atoms with Gasteiger partial charge in [0.1, 0.15) is 22.8 Å². The fraction of sp³-hybridized carbons (Fsp3) is 0.364. The van der Waals surface area contributed by atoms with Crippen molar-refractivity contribution in [3.05, 3.63) is 47.2 Å². The van der Waals surface area contributed by atoms with Gasteiger partial charge in [0.15, 0.2) is 11.7 Å². The van der Waals surface area contributed by atoms with Crippen molar-refractivity contribution in [3.63, 3.8) is 0 Å². The highest BCUT2D eigenvalue weighted by molar-refractivity contribution is 7.23. The lowest BCUT2D eigenvalue weighted by Gasteiger charge is -2.24. The predicted octanol–water partition coefficient (Wildman–Crippen LogP) is 5.27. The first-order chi connectivity index (χ1) is 15.0. The number of aromatic nitrogens is 1. The molecule has 0 atom stereocenters. The number of thiazole rings is 1. The molecule has 0 spiro atoms. The molecule has 3 rings (SSSR count). The summed E-state index contributed by atoms with van der Waals surface area (Å²) < 4.78 is 24.9. The summed E-state index contributed by atoms with van der Waals surface area (Å²) >= 11 is 7.70. The van der Waals surface area contributed by atoms with Gasteiger partial charge in [0.25, 0.3) is 5.91 Å². The molecule has 32 heavy (non-hydrogen) atoms. The van der Waals surface area contributed by atoms with Crippen LogP contribution in [0.25, 0.3) is 10.2 Å². The number of ether oxygens (including phenoxy) is 2. The maximum Gasteiger partial charge on any atom is 0.266 e. The van der Waals surface area contributed by atoms with E-state index >= 15 is 0 Å². The minimum atomic E-state index is -0.361.